The minimum absolute atomic E-state index is 0.00375. The van der Waals surface area contributed by atoms with Crippen LogP contribution in [0.25, 0.3) is 0 Å². The molecule has 0 unspecified atom stereocenters. The van der Waals surface area contributed by atoms with E-state index in [2.05, 4.69) is 19.4 Å². The van der Waals surface area contributed by atoms with Crippen molar-refractivity contribution in [1.82, 2.24) is 9.97 Å². The van der Waals surface area contributed by atoms with Crippen LogP contribution in [0.1, 0.15) is 20.7 Å². The molecule has 0 bridgehead atoms. The molecule has 0 radical (unpaired) electrons. The Kier molecular flexibility index (Phi) is 6.81. The Labute approximate surface area is 143 Å². The lowest BCUT2D eigenvalue weighted by Crippen LogP contribution is -2.11. The highest BCUT2D eigenvalue weighted by atomic mass is 32.2. The average Bonchev–Trinajstić information content (AvgIpc) is 2.54. The maximum absolute atomic E-state index is 10.8. The van der Waals surface area contributed by atoms with Gasteiger partial charge in [0.15, 0.2) is 0 Å². The predicted octanol–water partition coefficient (Wildman–Crippen LogP) is 0.602. The highest BCUT2D eigenvalue weighted by Crippen LogP contribution is 2.06. The van der Waals surface area contributed by atoms with Crippen LogP contribution < -0.4 is 10.5 Å². The number of carboxylic acids is 1. The second-order valence-corrected chi connectivity index (χ2v) is 6.32. The number of esters is 1. The number of methoxy groups -OCH3 is 1. The van der Waals surface area contributed by atoms with Gasteiger partial charge in [0.2, 0.25) is 10.0 Å². The summed E-state index contributed by atoms with van der Waals surface area (Å²) in [7, 11) is -2.05. The molecule has 2 aromatic heterocycles. The van der Waals surface area contributed by atoms with Crippen molar-refractivity contribution in [1.29, 1.82) is 0 Å². The van der Waals surface area contributed by atoms with Gasteiger partial charge in [0.05, 0.1) is 24.5 Å². The van der Waals surface area contributed by atoms with Gasteiger partial charge in [0, 0.05) is 12.4 Å². The zero-order chi connectivity index (χ0) is 19.0. The molecule has 0 aliphatic carbocycles. The van der Waals surface area contributed by atoms with Crippen LogP contribution in [0.3, 0.4) is 0 Å². The fourth-order valence-corrected chi connectivity index (χ4v) is 1.92. The number of ether oxygens (including phenoxy) is 1. The van der Waals surface area contributed by atoms with E-state index >= 15 is 0 Å². The number of aromatic carboxylic acids is 1. The van der Waals surface area contributed by atoms with Crippen molar-refractivity contribution in [3.05, 3.63) is 47.8 Å². The van der Waals surface area contributed by atoms with Crippen LogP contribution in [0, 0.1) is 0 Å². The Hall–Kier alpha value is -3.21. The molecular formula is C14H16N4O6S. The molecule has 0 aliphatic rings. The summed E-state index contributed by atoms with van der Waals surface area (Å²) >= 11 is 0. The summed E-state index contributed by atoms with van der Waals surface area (Å²) < 4.78 is 28.1. The van der Waals surface area contributed by atoms with Gasteiger partial charge < -0.3 is 15.6 Å². The molecule has 2 rings (SSSR count). The van der Waals surface area contributed by atoms with Crippen molar-refractivity contribution in [2.75, 3.05) is 23.8 Å². The van der Waals surface area contributed by atoms with E-state index in [1.165, 1.54) is 25.4 Å². The number of pyridine rings is 2. The van der Waals surface area contributed by atoms with E-state index in [9.17, 15) is 18.0 Å². The third-order valence-corrected chi connectivity index (χ3v) is 3.09. The van der Waals surface area contributed by atoms with Gasteiger partial charge in [-0.05, 0) is 24.3 Å². The summed E-state index contributed by atoms with van der Waals surface area (Å²) in [6.45, 7) is 0. The summed E-state index contributed by atoms with van der Waals surface area (Å²) in [6, 6.07) is 5.66. The number of nitrogens with zero attached hydrogens (tertiary/aromatic N) is 2. The number of nitrogens with two attached hydrogens (primary N) is 1. The van der Waals surface area contributed by atoms with Crippen LogP contribution in [0.5, 0.6) is 0 Å². The second-order valence-electron chi connectivity index (χ2n) is 4.57. The molecule has 10 nitrogen and oxygen atoms in total. The number of anilines is 2. The summed E-state index contributed by atoms with van der Waals surface area (Å²) in [5.41, 5.74) is 5.71. The van der Waals surface area contributed by atoms with Crippen molar-refractivity contribution in [3.63, 3.8) is 0 Å². The van der Waals surface area contributed by atoms with Crippen LogP contribution in [-0.4, -0.2) is 48.8 Å². The lowest BCUT2D eigenvalue weighted by molar-refractivity contribution is 0.0599. The molecule has 0 spiro atoms. The first kappa shape index (κ1) is 19.8. The van der Waals surface area contributed by atoms with Crippen LogP contribution >= 0.6 is 0 Å². The van der Waals surface area contributed by atoms with Crippen molar-refractivity contribution < 1.29 is 27.9 Å². The van der Waals surface area contributed by atoms with Crippen molar-refractivity contribution >= 4 is 33.6 Å². The maximum atomic E-state index is 10.8. The average molecular weight is 368 g/mol. The molecule has 25 heavy (non-hydrogen) atoms. The fourth-order valence-electron chi connectivity index (χ4n) is 1.41. The molecule has 0 saturated carbocycles. The predicted molar refractivity (Wildman–Crippen MR) is 89.7 cm³/mol. The number of carbonyl (C=O) groups excluding carboxylic acids is 1. The molecule has 0 saturated heterocycles. The number of aromatic nitrogens is 2. The summed E-state index contributed by atoms with van der Waals surface area (Å²) in [4.78, 5) is 28.6. The first-order valence-electron chi connectivity index (χ1n) is 6.59. The molecular weight excluding hydrogens is 352 g/mol. The largest absolute Gasteiger partial charge is 0.478 e. The van der Waals surface area contributed by atoms with E-state index in [0.29, 0.717) is 11.4 Å². The first-order valence-corrected chi connectivity index (χ1v) is 8.48. The van der Waals surface area contributed by atoms with E-state index in [1.54, 1.807) is 12.1 Å². The van der Waals surface area contributed by atoms with E-state index in [1.807, 2.05) is 0 Å². The van der Waals surface area contributed by atoms with Crippen molar-refractivity contribution in [2.24, 2.45) is 0 Å². The Bertz CT molecular complexity index is 835. The minimum Gasteiger partial charge on any atom is -0.478 e. The number of rotatable bonds is 4. The molecule has 0 aliphatic heterocycles. The molecule has 0 atom stereocenters. The number of hydrogen-bond acceptors (Lipinski definition) is 8. The molecule has 0 aromatic carbocycles. The molecule has 4 N–H and O–H groups in total. The number of hydrogen-bond donors (Lipinski definition) is 3. The summed E-state index contributed by atoms with van der Waals surface area (Å²) in [6.07, 6.45) is 3.44. The molecule has 134 valence electrons. The van der Waals surface area contributed by atoms with Gasteiger partial charge in [-0.2, -0.15) is 0 Å². The molecule has 2 aromatic rings. The van der Waals surface area contributed by atoms with Gasteiger partial charge in [0.1, 0.15) is 11.6 Å². The monoisotopic (exact) mass is 368 g/mol. The lowest BCUT2D eigenvalue weighted by Gasteiger charge is -2.01. The number of nitrogens with one attached hydrogen (secondary N) is 1. The second kappa shape index (κ2) is 8.59. The maximum Gasteiger partial charge on any atom is 0.339 e. The van der Waals surface area contributed by atoms with Gasteiger partial charge in [0.25, 0.3) is 0 Å². The zero-order valence-corrected chi connectivity index (χ0v) is 14.1. The summed E-state index contributed by atoms with van der Waals surface area (Å²) in [5.74, 6) is -1.03. The summed E-state index contributed by atoms with van der Waals surface area (Å²) in [5, 5.41) is 8.53. The SMILES string of the molecule is COC(=O)c1ccc(N)nc1.CS(=O)(=O)Nc1ccc(C(=O)O)cn1. The third-order valence-electron chi connectivity index (χ3n) is 2.51. The number of carboxylic acid groups (broad SMARTS) is 1. The highest BCUT2D eigenvalue weighted by molar-refractivity contribution is 7.92. The molecule has 11 heteroatoms. The first-order chi connectivity index (χ1) is 11.6. The van der Waals surface area contributed by atoms with Gasteiger partial charge in [-0.1, -0.05) is 0 Å². The Morgan fingerprint density at radius 2 is 1.72 bits per heavy atom. The Balaban J connectivity index is 0.000000257. The highest BCUT2D eigenvalue weighted by Gasteiger charge is 2.05. The Morgan fingerprint density at radius 1 is 1.12 bits per heavy atom. The number of sulfonamides is 1. The van der Waals surface area contributed by atoms with E-state index < -0.39 is 22.0 Å². The van der Waals surface area contributed by atoms with E-state index in [4.69, 9.17) is 10.8 Å². The Morgan fingerprint density at radius 3 is 2.12 bits per heavy atom. The number of nitrogen functional groups attached to an aromatic ring is 1. The van der Waals surface area contributed by atoms with Gasteiger partial charge in [-0.3, -0.25) is 4.72 Å². The van der Waals surface area contributed by atoms with Gasteiger partial charge in [-0.25, -0.2) is 28.0 Å². The third kappa shape index (κ3) is 7.26. The van der Waals surface area contributed by atoms with Crippen LogP contribution in [0.4, 0.5) is 11.6 Å². The van der Waals surface area contributed by atoms with Crippen LogP contribution in [0.15, 0.2) is 36.7 Å². The van der Waals surface area contributed by atoms with Crippen molar-refractivity contribution in [2.45, 2.75) is 0 Å². The zero-order valence-electron chi connectivity index (χ0n) is 13.3. The van der Waals surface area contributed by atoms with Gasteiger partial charge in [-0.15, -0.1) is 0 Å². The smallest absolute Gasteiger partial charge is 0.339 e. The normalized spacial score (nSPS) is 10.2. The lowest BCUT2D eigenvalue weighted by atomic mass is 10.3. The molecule has 0 fully saturated rings. The van der Waals surface area contributed by atoms with Gasteiger partial charge >= 0.3 is 11.9 Å². The number of carbonyl (C=O) groups is 2. The van der Waals surface area contributed by atoms with E-state index in [0.717, 1.165) is 12.5 Å². The van der Waals surface area contributed by atoms with E-state index in [-0.39, 0.29) is 11.4 Å². The minimum atomic E-state index is -3.37. The fraction of sp³-hybridized carbons (Fsp3) is 0.143. The topological polar surface area (TPSA) is 162 Å². The quantitative estimate of drug-likeness (QED) is 0.656. The standard InChI is InChI=1S/C7H8N2O4S.C7H8N2O2/c1-14(12,13)9-6-3-2-5(4-8-6)7(10)11;1-11-7(10)5-2-3-6(8)9-4-5/h2-4H,1H3,(H,8,9)(H,10,11);2-4H,1H3,(H2,8,9). The molecule has 2 heterocycles. The van der Waals surface area contributed by atoms with Crippen LogP contribution in [0.2, 0.25) is 0 Å². The molecule has 0 amide bonds. The van der Waals surface area contributed by atoms with Crippen LogP contribution in [-0.2, 0) is 14.8 Å². The van der Waals surface area contributed by atoms with Crippen molar-refractivity contribution in [3.8, 4) is 0 Å².